The van der Waals surface area contributed by atoms with Gasteiger partial charge in [0.05, 0.1) is 12.7 Å². The topological polar surface area (TPSA) is 26.3 Å². The highest BCUT2D eigenvalue weighted by atomic mass is 35.5. The van der Waals surface area contributed by atoms with Crippen LogP contribution < -0.4 is 0 Å². The van der Waals surface area contributed by atoms with Crippen LogP contribution in [0.5, 0.6) is 0 Å². The van der Waals surface area contributed by atoms with Gasteiger partial charge >= 0.3 is 0 Å². The molecule has 4 heteroatoms. The van der Waals surface area contributed by atoms with Gasteiger partial charge in [0.2, 0.25) is 0 Å². The molecular weight excluding hydrogens is 235 g/mol. The number of carbonyl (C=O) groups excluding carboxylic acids is 1. The number of hydrogen-bond donors (Lipinski definition) is 0. The van der Waals surface area contributed by atoms with E-state index in [1.165, 1.54) is 12.3 Å². The largest absolute Gasteiger partial charge is 0.493 e. The zero-order chi connectivity index (χ0) is 10.8. The minimum atomic E-state index is -0.372. The maximum absolute atomic E-state index is 11.2. The van der Waals surface area contributed by atoms with Crippen molar-refractivity contribution < 1.29 is 9.53 Å². The van der Waals surface area contributed by atoms with Crippen LogP contribution in [0.2, 0.25) is 10.0 Å². The molecule has 1 aromatic carbocycles. The van der Waals surface area contributed by atoms with Gasteiger partial charge in [0.1, 0.15) is 6.10 Å². The molecule has 0 radical (unpaired) electrons. The number of carbonyl (C=O) groups is 1. The molecule has 0 saturated heterocycles. The lowest BCUT2D eigenvalue weighted by atomic mass is 10.0. The van der Waals surface area contributed by atoms with Crippen LogP contribution in [0.4, 0.5) is 0 Å². The van der Waals surface area contributed by atoms with Crippen LogP contribution in [-0.4, -0.2) is 5.78 Å². The molecule has 1 heterocycles. The van der Waals surface area contributed by atoms with Crippen molar-refractivity contribution in [2.45, 2.75) is 12.5 Å². The third-order valence-corrected chi connectivity index (χ3v) is 2.86. The normalized spacial score (nSPS) is 20.1. The molecule has 0 aliphatic carbocycles. The average molecular weight is 243 g/mol. The van der Waals surface area contributed by atoms with Crippen LogP contribution in [0, 0.1) is 0 Å². The van der Waals surface area contributed by atoms with Gasteiger partial charge in [-0.3, -0.25) is 4.79 Å². The third kappa shape index (κ3) is 2.16. The highest BCUT2D eigenvalue weighted by Crippen LogP contribution is 2.35. The van der Waals surface area contributed by atoms with Crippen LogP contribution in [0.25, 0.3) is 0 Å². The number of allylic oxidation sites excluding steroid dienone is 1. The van der Waals surface area contributed by atoms with Crippen LogP contribution in [-0.2, 0) is 9.53 Å². The Morgan fingerprint density at radius 3 is 2.53 bits per heavy atom. The predicted molar refractivity (Wildman–Crippen MR) is 59.1 cm³/mol. The molecule has 0 spiro atoms. The van der Waals surface area contributed by atoms with E-state index in [2.05, 4.69) is 0 Å². The number of hydrogen-bond acceptors (Lipinski definition) is 2. The van der Waals surface area contributed by atoms with E-state index in [4.69, 9.17) is 27.9 Å². The summed E-state index contributed by atoms with van der Waals surface area (Å²) in [5.41, 5.74) is 0.679. The SMILES string of the molecule is O=C1C=CO[C@@H](c2c(Cl)cccc2Cl)C1. The molecule has 0 amide bonds. The lowest BCUT2D eigenvalue weighted by molar-refractivity contribution is -0.118. The second kappa shape index (κ2) is 4.25. The summed E-state index contributed by atoms with van der Waals surface area (Å²) in [6.45, 7) is 0. The summed E-state index contributed by atoms with van der Waals surface area (Å²) in [4.78, 5) is 11.2. The summed E-state index contributed by atoms with van der Waals surface area (Å²) < 4.78 is 5.33. The minimum absolute atomic E-state index is 0.0160. The van der Waals surface area contributed by atoms with Gasteiger partial charge in [0.25, 0.3) is 0 Å². The summed E-state index contributed by atoms with van der Waals surface area (Å²) in [7, 11) is 0. The zero-order valence-corrected chi connectivity index (χ0v) is 9.26. The number of ether oxygens (including phenoxy) is 1. The first-order chi connectivity index (χ1) is 7.18. The molecule has 0 unspecified atom stereocenters. The molecule has 0 aromatic heterocycles. The van der Waals surface area contributed by atoms with E-state index in [9.17, 15) is 4.79 Å². The van der Waals surface area contributed by atoms with Gasteiger partial charge in [-0.1, -0.05) is 29.3 Å². The first kappa shape index (κ1) is 10.5. The highest BCUT2D eigenvalue weighted by molar-refractivity contribution is 6.36. The molecule has 78 valence electrons. The van der Waals surface area contributed by atoms with Crippen LogP contribution in [0.15, 0.2) is 30.5 Å². The fourth-order valence-corrected chi connectivity index (χ4v) is 2.14. The summed E-state index contributed by atoms with van der Waals surface area (Å²) in [5.74, 6) is 0.0160. The van der Waals surface area contributed by atoms with E-state index in [1.807, 2.05) is 0 Å². The van der Waals surface area contributed by atoms with E-state index in [-0.39, 0.29) is 18.3 Å². The van der Waals surface area contributed by atoms with E-state index in [1.54, 1.807) is 18.2 Å². The molecule has 0 saturated carbocycles. The van der Waals surface area contributed by atoms with Gasteiger partial charge in [0.15, 0.2) is 5.78 Å². The molecule has 1 aliphatic heterocycles. The molecular formula is C11H8Cl2O2. The molecule has 2 rings (SSSR count). The Bertz CT molecular complexity index is 406. The number of halogens is 2. The molecule has 1 aromatic rings. The molecule has 0 fully saturated rings. The molecule has 1 atom stereocenters. The second-order valence-electron chi connectivity index (χ2n) is 3.23. The van der Waals surface area contributed by atoms with E-state index in [0.717, 1.165) is 0 Å². The number of rotatable bonds is 1. The Kier molecular flexibility index (Phi) is 2.98. The van der Waals surface area contributed by atoms with Crippen molar-refractivity contribution in [3.8, 4) is 0 Å². The van der Waals surface area contributed by atoms with Crippen molar-refractivity contribution in [2.75, 3.05) is 0 Å². The second-order valence-corrected chi connectivity index (χ2v) is 4.05. The Morgan fingerprint density at radius 1 is 1.27 bits per heavy atom. The monoisotopic (exact) mass is 242 g/mol. The van der Waals surface area contributed by atoms with Gasteiger partial charge in [-0.15, -0.1) is 0 Å². The lowest BCUT2D eigenvalue weighted by Crippen LogP contribution is -2.12. The van der Waals surface area contributed by atoms with Crippen molar-refractivity contribution in [3.63, 3.8) is 0 Å². The molecule has 2 nitrogen and oxygen atoms in total. The smallest absolute Gasteiger partial charge is 0.162 e. The Labute approximate surface area is 97.4 Å². The van der Waals surface area contributed by atoms with Crippen LogP contribution >= 0.6 is 23.2 Å². The zero-order valence-electron chi connectivity index (χ0n) is 7.74. The predicted octanol–water partition coefficient (Wildman–Crippen LogP) is 3.54. The molecule has 15 heavy (non-hydrogen) atoms. The highest BCUT2D eigenvalue weighted by Gasteiger charge is 2.23. The van der Waals surface area contributed by atoms with Gasteiger partial charge in [0, 0.05) is 21.7 Å². The van der Waals surface area contributed by atoms with Crippen LogP contribution in [0.3, 0.4) is 0 Å². The number of benzene rings is 1. The quantitative estimate of drug-likeness (QED) is 0.754. The van der Waals surface area contributed by atoms with E-state index >= 15 is 0 Å². The average Bonchev–Trinajstić information content (AvgIpc) is 2.17. The van der Waals surface area contributed by atoms with Crippen molar-refractivity contribution in [1.29, 1.82) is 0 Å². The minimum Gasteiger partial charge on any atom is -0.493 e. The fraction of sp³-hybridized carbons (Fsp3) is 0.182. The molecule has 0 N–H and O–H groups in total. The first-order valence-electron chi connectivity index (χ1n) is 4.47. The Morgan fingerprint density at radius 2 is 1.93 bits per heavy atom. The van der Waals surface area contributed by atoms with Crippen molar-refractivity contribution in [3.05, 3.63) is 46.1 Å². The summed E-state index contributed by atoms with van der Waals surface area (Å²) >= 11 is 12.0. The van der Waals surface area contributed by atoms with Gasteiger partial charge in [-0.25, -0.2) is 0 Å². The van der Waals surface area contributed by atoms with E-state index in [0.29, 0.717) is 15.6 Å². The maximum atomic E-state index is 11.2. The first-order valence-corrected chi connectivity index (χ1v) is 5.23. The van der Waals surface area contributed by atoms with Crippen molar-refractivity contribution in [2.24, 2.45) is 0 Å². The lowest BCUT2D eigenvalue weighted by Gasteiger charge is -2.20. The maximum Gasteiger partial charge on any atom is 0.162 e. The van der Waals surface area contributed by atoms with E-state index < -0.39 is 0 Å². The van der Waals surface area contributed by atoms with Gasteiger partial charge in [-0.2, -0.15) is 0 Å². The third-order valence-electron chi connectivity index (χ3n) is 2.21. The summed E-state index contributed by atoms with van der Waals surface area (Å²) in [6, 6.07) is 5.22. The number of ketones is 1. The summed E-state index contributed by atoms with van der Waals surface area (Å²) in [5, 5.41) is 1.05. The standard InChI is InChI=1S/C11H8Cl2O2/c12-8-2-1-3-9(13)11(8)10-6-7(14)4-5-15-10/h1-5,10H,6H2/t10-/m1/s1. The Hall–Kier alpha value is -0.990. The van der Waals surface area contributed by atoms with Gasteiger partial charge in [-0.05, 0) is 12.1 Å². The molecule has 0 bridgehead atoms. The Balaban J connectivity index is 2.37. The van der Waals surface area contributed by atoms with Crippen molar-refractivity contribution in [1.82, 2.24) is 0 Å². The fourth-order valence-electron chi connectivity index (χ4n) is 1.50. The molecule has 1 aliphatic rings. The van der Waals surface area contributed by atoms with Crippen LogP contribution in [0.1, 0.15) is 18.1 Å². The van der Waals surface area contributed by atoms with Crippen molar-refractivity contribution >= 4 is 29.0 Å². The van der Waals surface area contributed by atoms with Gasteiger partial charge < -0.3 is 4.74 Å². The summed E-state index contributed by atoms with van der Waals surface area (Å²) in [6.07, 6.45) is 2.70.